The van der Waals surface area contributed by atoms with Gasteiger partial charge in [0.05, 0.1) is 23.9 Å². The van der Waals surface area contributed by atoms with Crippen molar-refractivity contribution < 1.29 is 19.0 Å². The number of carbonyl (C=O) groups is 1. The van der Waals surface area contributed by atoms with Crippen LogP contribution in [0.25, 0.3) is 10.9 Å². The highest BCUT2D eigenvalue weighted by Crippen LogP contribution is 2.35. The Kier molecular flexibility index (Phi) is 5.61. The maximum absolute atomic E-state index is 12.8. The predicted molar refractivity (Wildman–Crippen MR) is 122 cm³/mol. The van der Waals surface area contributed by atoms with Crippen molar-refractivity contribution >= 4 is 22.5 Å². The van der Waals surface area contributed by atoms with Crippen LogP contribution in [0, 0.1) is 17.2 Å². The van der Waals surface area contributed by atoms with E-state index in [-0.39, 0.29) is 18.6 Å². The number of hydrogen-bond donors (Lipinski definition) is 1. The molecule has 2 aliphatic heterocycles. The monoisotopic (exact) mass is 444 g/mol. The van der Waals surface area contributed by atoms with Crippen molar-refractivity contribution in [1.29, 1.82) is 5.26 Å². The Morgan fingerprint density at radius 3 is 2.82 bits per heavy atom. The first-order valence-corrected chi connectivity index (χ1v) is 10.9. The molecule has 2 aromatic carbocycles. The molecule has 0 spiro atoms. The zero-order chi connectivity index (χ0) is 22.8. The fraction of sp³-hybridized carbons (Fsp3) is 0.320. The molecule has 33 heavy (non-hydrogen) atoms. The molecule has 0 radical (unpaired) electrons. The lowest BCUT2D eigenvalue weighted by molar-refractivity contribution is -0.125. The zero-order valence-electron chi connectivity index (χ0n) is 18.3. The Morgan fingerprint density at radius 2 is 2.03 bits per heavy atom. The molecule has 0 saturated carbocycles. The molecule has 2 aliphatic rings. The fourth-order valence-corrected chi connectivity index (χ4v) is 4.46. The largest absolute Gasteiger partial charge is 0.497 e. The Hall–Kier alpha value is -3.99. The van der Waals surface area contributed by atoms with Crippen molar-refractivity contribution in [2.45, 2.75) is 19.4 Å². The van der Waals surface area contributed by atoms with Crippen molar-refractivity contribution in [3.05, 3.63) is 53.7 Å². The third-order valence-electron chi connectivity index (χ3n) is 6.25. The Balaban J connectivity index is 1.26. The van der Waals surface area contributed by atoms with E-state index in [9.17, 15) is 10.1 Å². The second-order valence-electron chi connectivity index (χ2n) is 8.18. The first-order chi connectivity index (χ1) is 16.2. The Morgan fingerprint density at radius 1 is 1.21 bits per heavy atom. The average Bonchev–Trinajstić information content (AvgIpc) is 3.34. The van der Waals surface area contributed by atoms with Crippen LogP contribution in [-0.4, -0.2) is 37.9 Å². The SMILES string of the molecule is COc1ccc2ncc(C#N)c(N3CCC(C(=O)NCc4ccc5c(c4)OCO5)CC3)c2c1. The number of rotatable bonds is 5. The molecule has 3 heterocycles. The summed E-state index contributed by atoms with van der Waals surface area (Å²) in [5.74, 6) is 2.15. The zero-order valence-corrected chi connectivity index (χ0v) is 18.3. The smallest absolute Gasteiger partial charge is 0.231 e. The van der Waals surface area contributed by atoms with E-state index in [2.05, 4.69) is 21.3 Å². The van der Waals surface area contributed by atoms with E-state index >= 15 is 0 Å². The number of ether oxygens (including phenoxy) is 3. The van der Waals surface area contributed by atoms with Gasteiger partial charge in [0, 0.05) is 37.1 Å². The van der Waals surface area contributed by atoms with E-state index in [1.165, 1.54) is 0 Å². The molecule has 1 amide bonds. The summed E-state index contributed by atoms with van der Waals surface area (Å²) in [5, 5.41) is 13.6. The van der Waals surface area contributed by atoms with Crippen LogP contribution in [0.4, 0.5) is 5.69 Å². The molecule has 0 aliphatic carbocycles. The lowest BCUT2D eigenvalue weighted by Gasteiger charge is -2.34. The van der Waals surface area contributed by atoms with Crippen LogP contribution in [0.5, 0.6) is 17.2 Å². The van der Waals surface area contributed by atoms with E-state index in [0.29, 0.717) is 43.8 Å². The number of nitrogens with one attached hydrogen (secondary N) is 1. The lowest BCUT2D eigenvalue weighted by atomic mass is 9.94. The van der Waals surface area contributed by atoms with Crippen molar-refractivity contribution in [1.82, 2.24) is 10.3 Å². The van der Waals surface area contributed by atoms with Gasteiger partial charge in [-0.3, -0.25) is 9.78 Å². The predicted octanol–water partition coefficient (Wildman–Crippen LogP) is 3.38. The van der Waals surface area contributed by atoms with Gasteiger partial charge in [-0.25, -0.2) is 0 Å². The number of carbonyl (C=O) groups excluding carboxylic acids is 1. The molecule has 1 saturated heterocycles. The van der Waals surface area contributed by atoms with Gasteiger partial charge in [-0.2, -0.15) is 5.26 Å². The number of anilines is 1. The Labute approximate surface area is 191 Å². The maximum Gasteiger partial charge on any atom is 0.231 e. The number of piperidine rings is 1. The van der Waals surface area contributed by atoms with E-state index < -0.39 is 0 Å². The molecule has 1 N–H and O–H groups in total. The summed E-state index contributed by atoms with van der Waals surface area (Å²) in [6, 6.07) is 13.6. The molecule has 3 aromatic rings. The standard InChI is InChI=1S/C25H24N4O4/c1-31-19-3-4-21-20(11-19)24(18(12-26)14-27-21)29-8-6-17(7-9-29)25(30)28-13-16-2-5-22-23(10-16)33-15-32-22/h2-5,10-11,14,17H,6-9,13,15H2,1H3,(H,28,30). The molecule has 5 rings (SSSR count). The highest BCUT2D eigenvalue weighted by atomic mass is 16.7. The molecule has 8 nitrogen and oxygen atoms in total. The number of benzene rings is 2. The van der Waals surface area contributed by atoms with Crippen molar-refractivity contribution in [3.63, 3.8) is 0 Å². The summed E-state index contributed by atoms with van der Waals surface area (Å²) < 4.78 is 16.1. The van der Waals surface area contributed by atoms with Crippen molar-refractivity contribution in [2.75, 3.05) is 31.9 Å². The van der Waals surface area contributed by atoms with Gasteiger partial charge in [0.25, 0.3) is 0 Å². The summed E-state index contributed by atoms with van der Waals surface area (Å²) >= 11 is 0. The molecular formula is C25H24N4O4. The van der Waals surface area contributed by atoms with Crippen molar-refractivity contribution in [3.8, 4) is 23.3 Å². The van der Waals surface area contributed by atoms with Gasteiger partial charge in [0.15, 0.2) is 11.5 Å². The van der Waals surface area contributed by atoms with E-state index in [0.717, 1.165) is 33.7 Å². The van der Waals surface area contributed by atoms with Gasteiger partial charge < -0.3 is 24.4 Å². The summed E-state index contributed by atoms with van der Waals surface area (Å²) in [4.78, 5) is 19.4. The number of amides is 1. The summed E-state index contributed by atoms with van der Waals surface area (Å²) in [7, 11) is 1.62. The molecule has 168 valence electrons. The highest BCUT2D eigenvalue weighted by molar-refractivity contribution is 5.95. The minimum absolute atomic E-state index is 0.0501. The molecule has 1 aromatic heterocycles. The topological polar surface area (TPSA) is 96.7 Å². The van der Waals surface area contributed by atoms with Crippen LogP contribution in [0.3, 0.4) is 0 Å². The van der Waals surface area contributed by atoms with Gasteiger partial charge in [-0.15, -0.1) is 0 Å². The molecule has 8 heteroatoms. The number of hydrogen-bond acceptors (Lipinski definition) is 7. The number of aromatic nitrogens is 1. The van der Waals surface area contributed by atoms with E-state index in [1.54, 1.807) is 13.3 Å². The second kappa shape index (κ2) is 8.87. The molecule has 0 bridgehead atoms. The minimum Gasteiger partial charge on any atom is -0.497 e. The lowest BCUT2D eigenvalue weighted by Crippen LogP contribution is -2.40. The normalized spacial score (nSPS) is 15.3. The number of nitrogens with zero attached hydrogens (tertiary/aromatic N) is 3. The van der Waals surface area contributed by atoms with Gasteiger partial charge in [-0.1, -0.05) is 6.07 Å². The molecule has 0 unspecified atom stereocenters. The minimum atomic E-state index is -0.0663. The van der Waals surface area contributed by atoms with Crippen LogP contribution >= 0.6 is 0 Å². The molecular weight excluding hydrogens is 420 g/mol. The van der Waals surface area contributed by atoms with E-state index in [4.69, 9.17) is 14.2 Å². The molecule has 1 fully saturated rings. The van der Waals surface area contributed by atoms with Gasteiger partial charge in [-0.05, 0) is 48.7 Å². The quantitative estimate of drug-likeness (QED) is 0.644. The number of nitriles is 1. The third-order valence-corrected chi connectivity index (χ3v) is 6.25. The van der Waals surface area contributed by atoms with Crippen LogP contribution in [0.1, 0.15) is 24.0 Å². The Bertz CT molecular complexity index is 1250. The van der Waals surface area contributed by atoms with Crippen LogP contribution in [-0.2, 0) is 11.3 Å². The third kappa shape index (κ3) is 4.10. The van der Waals surface area contributed by atoms with Gasteiger partial charge in [0.2, 0.25) is 12.7 Å². The summed E-state index contributed by atoms with van der Waals surface area (Å²) in [6.45, 7) is 2.06. The summed E-state index contributed by atoms with van der Waals surface area (Å²) in [6.07, 6.45) is 3.05. The van der Waals surface area contributed by atoms with Crippen LogP contribution in [0.2, 0.25) is 0 Å². The number of methoxy groups -OCH3 is 1. The molecule has 0 atom stereocenters. The van der Waals surface area contributed by atoms with Crippen LogP contribution < -0.4 is 24.4 Å². The first-order valence-electron chi connectivity index (χ1n) is 10.9. The number of pyridine rings is 1. The van der Waals surface area contributed by atoms with Crippen molar-refractivity contribution in [2.24, 2.45) is 5.92 Å². The average molecular weight is 444 g/mol. The van der Waals surface area contributed by atoms with Crippen LogP contribution in [0.15, 0.2) is 42.6 Å². The number of fused-ring (bicyclic) bond motifs is 2. The maximum atomic E-state index is 12.8. The van der Waals surface area contributed by atoms with Gasteiger partial charge in [0.1, 0.15) is 11.8 Å². The highest BCUT2D eigenvalue weighted by Gasteiger charge is 2.27. The van der Waals surface area contributed by atoms with E-state index in [1.807, 2.05) is 36.4 Å². The first kappa shape index (κ1) is 20.9. The van der Waals surface area contributed by atoms with Gasteiger partial charge >= 0.3 is 0 Å². The summed E-state index contributed by atoms with van der Waals surface area (Å²) in [5.41, 5.74) is 3.18. The fourth-order valence-electron chi connectivity index (χ4n) is 4.46. The second-order valence-corrected chi connectivity index (χ2v) is 8.18.